The van der Waals surface area contributed by atoms with Gasteiger partial charge in [0.1, 0.15) is 0 Å². The molecule has 0 aromatic carbocycles. The van der Waals surface area contributed by atoms with Gasteiger partial charge in [-0.05, 0) is 26.0 Å². The molecule has 5 heteroatoms. The highest BCUT2D eigenvalue weighted by atomic mass is 16.5. The fourth-order valence-corrected chi connectivity index (χ4v) is 1.48. The van der Waals surface area contributed by atoms with E-state index in [4.69, 9.17) is 4.52 Å². The summed E-state index contributed by atoms with van der Waals surface area (Å²) in [4.78, 5) is 4.12. The number of aryl methyl sites for hydroxylation is 3. The van der Waals surface area contributed by atoms with Crippen molar-refractivity contribution in [2.24, 2.45) is 0 Å². The molecule has 15 heavy (non-hydrogen) atoms. The summed E-state index contributed by atoms with van der Waals surface area (Å²) < 4.78 is 6.89. The van der Waals surface area contributed by atoms with Crippen molar-refractivity contribution < 1.29 is 4.52 Å². The van der Waals surface area contributed by atoms with Crippen LogP contribution in [-0.2, 0) is 6.54 Å². The summed E-state index contributed by atoms with van der Waals surface area (Å²) in [5.74, 6) is 1.26. The summed E-state index contributed by atoms with van der Waals surface area (Å²) in [7, 11) is 0. The molecule has 5 nitrogen and oxygen atoms in total. The Morgan fingerprint density at radius 1 is 1.27 bits per heavy atom. The van der Waals surface area contributed by atoms with E-state index in [9.17, 15) is 0 Å². The first-order valence-electron chi connectivity index (χ1n) is 4.85. The van der Waals surface area contributed by atoms with E-state index in [1.54, 1.807) is 6.92 Å². The van der Waals surface area contributed by atoms with Crippen LogP contribution >= 0.6 is 0 Å². The zero-order chi connectivity index (χ0) is 10.8. The van der Waals surface area contributed by atoms with E-state index in [1.165, 1.54) is 0 Å². The van der Waals surface area contributed by atoms with Crippen molar-refractivity contribution in [1.29, 1.82) is 0 Å². The first-order chi connectivity index (χ1) is 7.16. The third kappa shape index (κ3) is 2.01. The Balaban J connectivity index is 2.05. The second-order valence-electron chi connectivity index (χ2n) is 3.52. The van der Waals surface area contributed by atoms with Crippen molar-refractivity contribution in [2.75, 3.05) is 5.43 Å². The average molecular weight is 206 g/mol. The second-order valence-corrected chi connectivity index (χ2v) is 3.52. The van der Waals surface area contributed by atoms with E-state index in [2.05, 4.69) is 27.7 Å². The van der Waals surface area contributed by atoms with Crippen LogP contribution in [0.3, 0.4) is 0 Å². The maximum atomic E-state index is 4.88. The van der Waals surface area contributed by atoms with Gasteiger partial charge < -0.3 is 9.95 Å². The zero-order valence-corrected chi connectivity index (χ0v) is 9.11. The Morgan fingerprint density at radius 3 is 2.47 bits per heavy atom. The summed E-state index contributed by atoms with van der Waals surface area (Å²) in [6.07, 6.45) is 0. The first-order valence-corrected chi connectivity index (χ1v) is 4.85. The Morgan fingerprint density at radius 2 is 1.93 bits per heavy atom. The molecule has 0 aliphatic rings. The second kappa shape index (κ2) is 3.76. The molecule has 1 N–H and O–H groups in total. The molecule has 0 unspecified atom stereocenters. The third-order valence-electron chi connectivity index (χ3n) is 2.24. The highest BCUT2D eigenvalue weighted by molar-refractivity contribution is 5.15. The van der Waals surface area contributed by atoms with E-state index < -0.39 is 0 Å². The van der Waals surface area contributed by atoms with Gasteiger partial charge in [-0.25, -0.2) is 0 Å². The predicted octanol–water partition coefficient (Wildman–Crippen LogP) is 1.54. The smallest absolute Gasteiger partial charge is 0.223 e. The molecule has 2 rings (SSSR count). The van der Waals surface area contributed by atoms with Crippen LogP contribution in [0.1, 0.15) is 23.1 Å². The lowest BCUT2D eigenvalue weighted by Crippen LogP contribution is -2.17. The van der Waals surface area contributed by atoms with Crippen molar-refractivity contribution in [1.82, 2.24) is 14.8 Å². The highest BCUT2D eigenvalue weighted by Crippen LogP contribution is 2.05. The number of nitrogens with one attached hydrogen (secondary N) is 1. The Hall–Kier alpha value is -1.78. The summed E-state index contributed by atoms with van der Waals surface area (Å²) in [6.45, 7) is 6.43. The quantitative estimate of drug-likeness (QED) is 0.827. The predicted molar refractivity (Wildman–Crippen MR) is 56.0 cm³/mol. The van der Waals surface area contributed by atoms with E-state index in [0.29, 0.717) is 18.3 Å². The molecule has 0 amide bonds. The highest BCUT2D eigenvalue weighted by Gasteiger charge is 2.03. The molecule has 2 aromatic heterocycles. The molecule has 2 heterocycles. The van der Waals surface area contributed by atoms with Gasteiger partial charge in [0.25, 0.3) is 0 Å². The van der Waals surface area contributed by atoms with E-state index in [-0.39, 0.29) is 0 Å². The average Bonchev–Trinajstić information content (AvgIpc) is 2.73. The van der Waals surface area contributed by atoms with Crippen LogP contribution in [0, 0.1) is 20.8 Å². The van der Waals surface area contributed by atoms with Crippen molar-refractivity contribution in [2.45, 2.75) is 27.3 Å². The van der Waals surface area contributed by atoms with Crippen LogP contribution in [0.5, 0.6) is 0 Å². The molecule has 0 radical (unpaired) electrons. The van der Waals surface area contributed by atoms with Gasteiger partial charge in [-0.2, -0.15) is 4.98 Å². The molecular weight excluding hydrogens is 192 g/mol. The monoisotopic (exact) mass is 206 g/mol. The van der Waals surface area contributed by atoms with Crippen LogP contribution in [0.15, 0.2) is 16.7 Å². The molecule has 0 aliphatic heterocycles. The van der Waals surface area contributed by atoms with Crippen molar-refractivity contribution in [3.63, 3.8) is 0 Å². The van der Waals surface area contributed by atoms with Gasteiger partial charge in [0.15, 0.2) is 5.82 Å². The Labute approximate surface area is 88.1 Å². The van der Waals surface area contributed by atoms with Gasteiger partial charge >= 0.3 is 0 Å². The number of rotatable bonds is 3. The molecule has 0 bridgehead atoms. The van der Waals surface area contributed by atoms with Crippen LogP contribution in [0.25, 0.3) is 0 Å². The Bertz CT molecular complexity index is 438. The maximum absolute atomic E-state index is 4.88. The minimum atomic E-state index is 0.563. The molecule has 0 fully saturated rings. The normalized spacial score (nSPS) is 10.6. The van der Waals surface area contributed by atoms with Crippen molar-refractivity contribution in [3.8, 4) is 0 Å². The van der Waals surface area contributed by atoms with Crippen LogP contribution in [0.2, 0.25) is 0 Å². The third-order valence-corrected chi connectivity index (χ3v) is 2.24. The Kier molecular flexibility index (Phi) is 2.45. The standard InChI is InChI=1S/C10H14N4O/c1-7-4-5-8(2)14(7)11-6-10-12-9(3)15-13-10/h4-5,11H,6H2,1-3H3. The van der Waals surface area contributed by atoms with Crippen LogP contribution in [0.4, 0.5) is 0 Å². The van der Waals surface area contributed by atoms with Gasteiger partial charge in [0.2, 0.25) is 5.89 Å². The molecule has 0 aliphatic carbocycles. The van der Waals surface area contributed by atoms with E-state index in [0.717, 1.165) is 11.4 Å². The number of hydrogen-bond acceptors (Lipinski definition) is 4. The minimum absolute atomic E-state index is 0.563. The van der Waals surface area contributed by atoms with Gasteiger partial charge in [-0.1, -0.05) is 5.16 Å². The van der Waals surface area contributed by atoms with Crippen molar-refractivity contribution >= 4 is 0 Å². The van der Waals surface area contributed by atoms with E-state index >= 15 is 0 Å². The fourth-order valence-electron chi connectivity index (χ4n) is 1.48. The molecule has 0 saturated carbocycles. The molecule has 0 atom stereocenters. The lowest BCUT2D eigenvalue weighted by Gasteiger charge is -2.10. The molecule has 80 valence electrons. The molecule has 0 spiro atoms. The van der Waals surface area contributed by atoms with Gasteiger partial charge in [0.05, 0.1) is 6.54 Å². The lowest BCUT2D eigenvalue weighted by atomic mass is 10.5. The van der Waals surface area contributed by atoms with Crippen molar-refractivity contribution in [3.05, 3.63) is 35.2 Å². The molecule has 2 aromatic rings. The van der Waals surface area contributed by atoms with Gasteiger partial charge in [0, 0.05) is 18.3 Å². The van der Waals surface area contributed by atoms with Crippen LogP contribution < -0.4 is 5.43 Å². The number of hydrogen-bond donors (Lipinski definition) is 1. The summed E-state index contributed by atoms with van der Waals surface area (Å²) in [6, 6.07) is 4.12. The number of nitrogens with zero attached hydrogens (tertiary/aromatic N) is 3. The number of aromatic nitrogens is 3. The summed E-state index contributed by atoms with van der Waals surface area (Å²) >= 11 is 0. The van der Waals surface area contributed by atoms with Crippen LogP contribution in [-0.4, -0.2) is 14.8 Å². The minimum Gasteiger partial charge on any atom is -0.340 e. The SMILES string of the molecule is Cc1nc(CNn2c(C)ccc2C)no1. The van der Waals surface area contributed by atoms with Gasteiger partial charge in [-0.3, -0.25) is 4.68 Å². The maximum Gasteiger partial charge on any atom is 0.223 e. The molecule has 0 saturated heterocycles. The fraction of sp³-hybridized carbons (Fsp3) is 0.400. The first kappa shape index (κ1) is 9.76. The van der Waals surface area contributed by atoms with Gasteiger partial charge in [-0.15, -0.1) is 0 Å². The lowest BCUT2D eigenvalue weighted by molar-refractivity contribution is 0.387. The van der Waals surface area contributed by atoms with E-state index in [1.807, 2.05) is 18.5 Å². The zero-order valence-electron chi connectivity index (χ0n) is 9.11. The largest absolute Gasteiger partial charge is 0.340 e. The summed E-state index contributed by atoms with van der Waals surface area (Å²) in [5, 5.41) is 3.81. The summed E-state index contributed by atoms with van der Waals surface area (Å²) in [5.41, 5.74) is 5.54. The molecular formula is C10H14N4O. The topological polar surface area (TPSA) is 55.9 Å².